The highest BCUT2D eigenvalue weighted by Crippen LogP contribution is 2.30. The fourth-order valence-electron chi connectivity index (χ4n) is 1.64. The maximum absolute atomic E-state index is 6.07. The molecule has 3 nitrogen and oxygen atoms in total. The second-order valence-corrected chi connectivity index (χ2v) is 4.40. The molecule has 0 atom stereocenters. The van der Waals surface area contributed by atoms with Crippen LogP contribution in [0.1, 0.15) is 12.6 Å². The van der Waals surface area contributed by atoms with Gasteiger partial charge in [-0.1, -0.05) is 29.3 Å². The quantitative estimate of drug-likeness (QED) is 0.915. The summed E-state index contributed by atoms with van der Waals surface area (Å²) in [5, 5.41) is 8.69. The van der Waals surface area contributed by atoms with E-state index in [0.29, 0.717) is 16.6 Å². The Labute approximate surface area is 110 Å². The van der Waals surface area contributed by atoms with Gasteiger partial charge in [0.15, 0.2) is 0 Å². The van der Waals surface area contributed by atoms with E-state index in [0.717, 1.165) is 17.9 Å². The first-order valence-corrected chi connectivity index (χ1v) is 6.16. The van der Waals surface area contributed by atoms with E-state index in [4.69, 9.17) is 23.2 Å². The molecule has 0 bridgehead atoms. The molecule has 90 valence electrons. The second-order valence-electron chi connectivity index (χ2n) is 3.59. The minimum Gasteiger partial charge on any atom is -0.377 e. The normalized spacial score (nSPS) is 10.5. The molecule has 0 radical (unpaired) electrons. The number of halogens is 2. The van der Waals surface area contributed by atoms with Crippen LogP contribution in [0.3, 0.4) is 0 Å². The Kier molecular flexibility index (Phi) is 3.92. The zero-order chi connectivity index (χ0) is 12.3. The number of aromatic nitrogens is 2. The van der Waals surface area contributed by atoms with E-state index in [1.165, 1.54) is 0 Å². The van der Waals surface area contributed by atoms with Crippen molar-refractivity contribution in [3.63, 3.8) is 0 Å². The molecule has 1 N–H and O–H groups in total. The highest BCUT2D eigenvalue weighted by molar-refractivity contribution is 6.39. The Morgan fingerprint density at radius 2 is 1.94 bits per heavy atom. The Balaban J connectivity index is 2.13. The summed E-state index contributed by atoms with van der Waals surface area (Å²) in [6, 6.07) is 7.42. The predicted octanol–water partition coefficient (Wildman–Crippen LogP) is 3.82. The highest BCUT2D eigenvalue weighted by atomic mass is 35.5. The molecule has 0 aliphatic rings. The van der Waals surface area contributed by atoms with Gasteiger partial charge in [-0.2, -0.15) is 5.10 Å². The number of rotatable bonds is 4. The first-order valence-electron chi connectivity index (χ1n) is 5.41. The van der Waals surface area contributed by atoms with Gasteiger partial charge in [0.05, 0.1) is 28.0 Å². The number of hydrogen-bond donors (Lipinski definition) is 1. The summed E-state index contributed by atoms with van der Waals surface area (Å²) in [7, 11) is 0. The summed E-state index contributed by atoms with van der Waals surface area (Å²) >= 11 is 12.1. The van der Waals surface area contributed by atoms with Gasteiger partial charge in [-0.3, -0.25) is 4.68 Å². The van der Waals surface area contributed by atoms with Crippen LogP contribution in [0.15, 0.2) is 30.5 Å². The average Bonchev–Trinajstić information content (AvgIpc) is 2.76. The molecule has 0 aliphatic heterocycles. The molecule has 17 heavy (non-hydrogen) atoms. The Morgan fingerprint density at radius 3 is 2.59 bits per heavy atom. The monoisotopic (exact) mass is 269 g/mol. The smallest absolute Gasteiger partial charge is 0.0722 e. The number of anilines is 1. The van der Waals surface area contributed by atoms with Gasteiger partial charge in [0.2, 0.25) is 0 Å². The van der Waals surface area contributed by atoms with Crippen molar-refractivity contribution >= 4 is 28.9 Å². The van der Waals surface area contributed by atoms with Crippen LogP contribution < -0.4 is 5.32 Å². The molecule has 0 spiro atoms. The van der Waals surface area contributed by atoms with Crippen molar-refractivity contribution in [3.8, 4) is 0 Å². The standard InChI is InChI=1S/C12H13Cl2N3/c1-2-17-9(6-7-16-17)8-15-12-10(13)4-3-5-11(12)14/h3-7,15H,2,8H2,1H3. The zero-order valence-corrected chi connectivity index (χ0v) is 11.0. The third kappa shape index (κ3) is 2.73. The van der Waals surface area contributed by atoms with E-state index in [1.807, 2.05) is 28.9 Å². The summed E-state index contributed by atoms with van der Waals surface area (Å²) in [4.78, 5) is 0. The van der Waals surface area contributed by atoms with Gasteiger partial charge < -0.3 is 5.32 Å². The van der Waals surface area contributed by atoms with E-state index in [1.54, 1.807) is 6.20 Å². The minimum absolute atomic E-state index is 0.625. The summed E-state index contributed by atoms with van der Waals surface area (Å²) in [5.41, 5.74) is 1.86. The first kappa shape index (κ1) is 12.3. The molecule has 0 fully saturated rings. The zero-order valence-electron chi connectivity index (χ0n) is 9.45. The molecular formula is C12H13Cl2N3. The molecule has 1 heterocycles. The predicted molar refractivity (Wildman–Crippen MR) is 71.7 cm³/mol. The molecule has 2 rings (SSSR count). The van der Waals surface area contributed by atoms with Gasteiger partial charge in [0.1, 0.15) is 0 Å². The number of nitrogens with one attached hydrogen (secondary N) is 1. The van der Waals surface area contributed by atoms with Crippen LogP contribution in [-0.2, 0) is 13.1 Å². The van der Waals surface area contributed by atoms with Crippen molar-refractivity contribution < 1.29 is 0 Å². The third-order valence-corrected chi connectivity index (χ3v) is 3.14. The van der Waals surface area contributed by atoms with Crippen molar-refractivity contribution in [1.29, 1.82) is 0 Å². The maximum Gasteiger partial charge on any atom is 0.0722 e. The van der Waals surface area contributed by atoms with Crippen LogP contribution in [0.5, 0.6) is 0 Å². The summed E-state index contributed by atoms with van der Waals surface area (Å²) in [6.45, 7) is 3.55. The minimum atomic E-state index is 0.625. The molecule has 5 heteroatoms. The molecule has 0 amide bonds. The molecule has 2 aromatic rings. The molecule has 0 unspecified atom stereocenters. The van der Waals surface area contributed by atoms with Crippen LogP contribution in [0.4, 0.5) is 5.69 Å². The van der Waals surface area contributed by atoms with Gasteiger partial charge in [-0.25, -0.2) is 0 Å². The summed E-state index contributed by atoms with van der Waals surface area (Å²) in [6.07, 6.45) is 1.79. The van der Waals surface area contributed by atoms with Gasteiger partial charge in [0.25, 0.3) is 0 Å². The molecule has 1 aromatic heterocycles. The lowest BCUT2D eigenvalue weighted by Crippen LogP contribution is -2.08. The maximum atomic E-state index is 6.07. The Morgan fingerprint density at radius 1 is 1.24 bits per heavy atom. The largest absolute Gasteiger partial charge is 0.377 e. The fraction of sp³-hybridized carbons (Fsp3) is 0.250. The van der Waals surface area contributed by atoms with Gasteiger partial charge in [-0.15, -0.1) is 0 Å². The van der Waals surface area contributed by atoms with Gasteiger partial charge >= 0.3 is 0 Å². The lowest BCUT2D eigenvalue weighted by molar-refractivity contribution is 0.627. The summed E-state index contributed by atoms with van der Waals surface area (Å²) < 4.78 is 1.93. The van der Waals surface area contributed by atoms with Crippen molar-refractivity contribution in [3.05, 3.63) is 46.2 Å². The topological polar surface area (TPSA) is 29.9 Å². The number of benzene rings is 1. The molecule has 1 aromatic carbocycles. The van der Waals surface area contributed by atoms with Crippen molar-refractivity contribution in [1.82, 2.24) is 9.78 Å². The molecule has 0 saturated carbocycles. The van der Waals surface area contributed by atoms with E-state index < -0.39 is 0 Å². The number of aryl methyl sites for hydroxylation is 1. The van der Waals surface area contributed by atoms with E-state index in [9.17, 15) is 0 Å². The van der Waals surface area contributed by atoms with Crippen molar-refractivity contribution in [2.75, 3.05) is 5.32 Å². The molecule has 0 aliphatic carbocycles. The van der Waals surface area contributed by atoms with E-state index in [2.05, 4.69) is 17.3 Å². The Hall–Kier alpha value is -1.19. The van der Waals surface area contributed by atoms with Gasteiger partial charge in [0, 0.05) is 12.7 Å². The highest BCUT2D eigenvalue weighted by Gasteiger charge is 2.06. The Bertz CT molecular complexity index is 488. The van der Waals surface area contributed by atoms with E-state index >= 15 is 0 Å². The number of hydrogen-bond acceptors (Lipinski definition) is 2. The van der Waals surface area contributed by atoms with Crippen LogP contribution >= 0.6 is 23.2 Å². The van der Waals surface area contributed by atoms with Gasteiger partial charge in [-0.05, 0) is 25.1 Å². The van der Waals surface area contributed by atoms with Crippen molar-refractivity contribution in [2.24, 2.45) is 0 Å². The fourth-order valence-corrected chi connectivity index (χ4v) is 2.17. The molecule has 0 saturated heterocycles. The molecular weight excluding hydrogens is 257 g/mol. The number of nitrogens with zero attached hydrogens (tertiary/aromatic N) is 2. The first-order chi connectivity index (χ1) is 8.22. The van der Waals surface area contributed by atoms with Crippen LogP contribution in [0, 0.1) is 0 Å². The van der Waals surface area contributed by atoms with E-state index in [-0.39, 0.29) is 0 Å². The van der Waals surface area contributed by atoms with Crippen LogP contribution in [0.25, 0.3) is 0 Å². The van der Waals surface area contributed by atoms with Crippen LogP contribution in [0.2, 0.25) is 10.0 Å². The average molecular weight is 270 g/mol. The van der Waals surface area contributed by atoms with Crippen LogP contribution in [-0.4, -0.2) is 9.78 Å². The second kappa shape index (κ2) is 5.43. The third-order valence-electron chi connectivity index (χ3n) is 2.51. The van der Waals surface area contributed by atoms with Crippen molar-refractivity contribution in [2.45, 2.75) is 20.0 Å². The summed E-state index contributed by atoms with van der Waals surface area (Å²) in [5.74, 6) is 0. The lowest BCUT2D eigenvalue weighted by Gasteiger charge is -2.11. The number of para-hydroxylation sites is 1. The SMILES string of the molecule is CCn1nccc1CNc1c(Cl)cccc1Cl. The lowest BCUT2D eigenvalue weighted by atomic mass is 10.3.